The topological polar surface area (TPSA) is 85.1 Å². The molecule has 2 aromatic rings. The molecule has 0 aliphatic carbocycles. The maximum atomic E-state index is 13.4. The molecule has 1 N–H and O–H groups in total. The van der Waals surface area contributed by atoms with Gasteiger partial charge in [0.25, 0.3) is 0 Å². The van der Waals surface area contributed by atoms with Gasteiger partial charge in [-0.2, -0.15) is 0 Å². The Bertz CT molecular complexity index is 709. The van der Waals surface area contributed by atoms with Gasteiger partial charge in [-0.3, -0.25) is 14.9 Å². The predicted molar refractivity (Wildman–Crippen MR) is 74.6 cm³/mol. The van der Waals surface area contributed by atoms with E-state index >= 15 is 0 Å². The molecular formula is C13H9ClFN3O3. The zero-order chi connectivity index (χ0) is 15.4. The predicted octanol–water partition coefficient (Wildman–Crippen LogP) is 2.96. The third-order valence-electron chi connectivity index (χ3n) is 2.60. The van der Waals surface area contributed by atoms with Crippen molar-refractivity contribution >= 4 is 29.0 Å². The molecule has 0 aliphatic heterocycles. The van der Waals surface area contributed by atoms with Crippen molar-refractivity contribution in [2.75, 3.05) is 5.32 Å². The van der Waals surface area contributed by atoms with Gasteiger partial charge in [-0.15, -0.1) is 0 Å². The van der Waals surface area contributed by atoms with Crippen molar-refractivity contribution in [1.82, 2.24) is 4.98 Å². The van der Waals surface area contributed by atoms with Crippen LogP contribution in [0.1, 0.15) is 5.56 Å². The van der Waals surface area contributed by atoms with Crippen LogP contribution in [0.3, 0.4) is 0 Å². The number of pyridine rings is 1. The normalized spacial score (nSPS) is 10.2. The summed E-state index contributed by atoms with van der Waals surface area (Å²) in [4.78, 5) is 25.7. The first-order valence-corrected chi connectivity index (χ1v) is 6.19. The fourth-order valence-corrected chi connectivity index (χ4v) is 1.81. The number of rotatable bonds is 4. The molecule has 0 aliphatic rings. The number of hydrogen-bond acceptors (Lipinski definition) is 4. The Labute approximate surface area is 123 Å². The highest BCUT2D eigenvalue weighted by Gasteiger charge is 2.18. The molecule has 0 bridgehead atoms. The molecule has 0 fully saturated rings. The van der Waals surface area contributed by atoms with Crippen molar-refractivity contribution in [3.05, 3.63) is 63.0 Å². The highest BCUT2D eigenvalue weighted by molar-refractivity contribution is 6.29. The Hall–Kier alpha value is -2.54. The summed E-state index contributed by atoms with van der Waals surface area (Å²) in [6.45, 7) is 0. The summed E-state index contributed by atoms with van der Waals surface area (Å²) in [6.07, 6.45) is -0.266. The van der Waals surface area contributed by atoms with Crippen LogP contribution in [-0.2, 0) is 11.2 Å². The highest BCUT2D eigenvalue weighted by atomic mass is 35.5. The van der Waals surface area contributed by atoms with Crippen molar-refractivity contribution in [3.8, 4) is 0 Å². The number of anilines is 1. The Morgan fingerprint density at radius 1 is 1.33 bits per heavy atom. The minimum atomic E-state index is -0.692. The van der Waals surface area contributed by atoms with Gasteiger partial charge in [0.05, 0.1) is 11.3 Å². The minimum Gasteiger partial charge on any atom is -0.305 e. The zero-order valence-corrected chi connectivity index (χ0v) is 11.3. The monoisotopic (exact) mass is 309 g/mol. The molecular weight excluding hydrogens is 301 g/mol. The quantitative estimate of drug-likeness (QED) is 0.534. The summed E-state index contributed by atoms with van der Waals surface area (Å²) in [5, 5.41) is 13.1. The van der Waals surface area contributed by atoms with Crippen LogP contribution in [-0.4, -0.2) is 15.8 Å². The van der Waals surface area contributed by atoms with E-state index in [1.807, 2.05) is 0 Å². The van der Waals surface area contributed by atoms with Crippen molar-refractivity contribution < 1.29 is 14.1 Å². The molecule has 108 valence electrons. The molecule has 0 atom stereocenters. The maximum absolute atomic E-state index is 13.4. The Morgan fingerprint density at radius 2 is 2.05 bits per heavy atom. The lowest BCUT2D eigenvalue weighted by molar-refractivity contribution is -0.384. The lowest BCUT2D eigenvalue weighted by Crippen LogP contribution is -2.17. The Kier molecular flexibility index (Phi) is 4.44. The van der Waals surface area contributed by atoms with Gasteiger partial charge in [0.1, 0.15) is 11.0 Å². The van der Waals surface area contributed by atoms with Crippen LogP contribution < -0.4 is 5.32 Å². The molecule has 2 rings (SSSR count). The number of carbonyl (C=O) groups is 1. The van der Waals surface area contributed by atoms with Gasteiger partial charge in [-0.1, -0.05) is 29.8 Å². The van der Waals surface area contributed by atoms with Gasteiger partial charge in [0, 0.05) is 6.07 Å². The Morgan fingerprint density at radius 3 is 2.71 bits per heavy atom. The van der Waals surface area contributed by atoms with E-state index in [4.69, 9.17) is 11.6 Å². The van der Waals surface area contributed by atoms with Crippen LogP contribution in [0.5, 0.6) is 0 Å². The molecule has 1 amide bonds. The lowest BCUT2D eigenvalue weighted by Gasteiger charge is -2.06. The lowest BCUT2D eigenvalue weighted by atomic mass is 10.1. The molecule has 6 nitrogen and oxygen atoms in total. The van der Waals surface area contributed by atoms with Crippen LogP contribution >= 0.6 is 11.6 Å². The molecule has 0 radical (unpaired) electrons. The summed E-state index contributed by atoms with van der Waals surface area (Å²) >= 11 is 5.65. The third kappa shape index (κ3) is 3.73. The molecule has 21 heavy (non-hydrogen) atoms. The number of carbonyl (C=O) groups excluding carboxylic acids is 1. The van der Waals surface area contributed by atoms with Crippen LogP contribution in [0.15, 0.2) is 36.4 Å². The summed E-state index contributed by atoms with van der Waals surface area (Å²) in [7, 11) is 0. The summed E-state index contributed by atoms with van der Waals surface area (Å²) < 4.78 is 13.4. The number of halogens is 2. The van der Waals surface area contributed by atoms with E-state index in [-0.39, 0.29) is 28.6 Å². The second-order valence-corrected chi connectivity index (χ2v) is 4.46. The summed E-state index contributed by atoms with van der Waals surface area (Å²) in [5.74, 6) is -1.42. The highest BCUT2D eigenvalue weighted by Crippen LogP contribution is 2.24. The second kappa shape index (κ2) is 6.27. The van der Waals surface area contributed by atoms with E-state index in [0.717, 1.165) is 6.07 Å². The van der Waals surface area contributed by atoms with Crippen LogP contribution in [0.2, 0.25) is 5.15 Å². The molecule has 0 saturated heterocycles. The summed E-state index contributed by atoms with van der Waals surface area (Å²) in [6, 6.07) is 8.14. The van der Waals surface area contributed by atoms with Gasteiger partial charge in [0.15, 0.2) is 0 Å². The first-order chi connectivity index (χ1) is 9.97. The van der Waals surface area contributed by atoms with E-state index in [9.17, 15) is 19.3 Å². The van der Waals surface area contributed by atoms with Gasteiger partial charge in [0.2, 0.25) is 11.7 Å². The number of nitrogens with zero attached hydrogens (tertiary/aromatic N) is 2. The standard InChI is InChI=1S/C13H9ClFN3O3/c14-11-6-5-10(18(20)21)13(16-11)17-12(19)7-8-3-1-2-4-9(8)15/h1-6H,7H2,(H,16,17,19). The van der Waals surface area contributed by atoms with Gasteiger partial charge < -0.3 is 5.32 Å². The van der Waals surface area contributed by atoms with Crippen molar-refractivity contribution in [1.29, 1.82) is 0 Å². The molecule has 0 unspecified atom stereocenters. The summed E-state index contributed by atoms with van der Waals surface area (Å²) in [5.41, 5.74) is -0.207. The Balaban J connectivity index is 2.18. The third-order valence-corrected chi connectivity index (χ3v) is 2.81. The molecule has 1 aromatic carbocycles. The number of hydrogen-bond donors (Lipinski definition) is 1. The molecule has 1 aromatic heterocycles. The van der Waals surface area contributed by atoms with Crippen molar-refractivity contribution in [2.24, 2.45) is 0 Å². The second-order valence-electron chi connectivity index (χ2n) is 4.08. The SMILES string of the molecule is O=C(Cc1ccccc1F)Nc1nc(Cl)ccc1[N+](=O)[O-]. The fourth-order valence-electron chi connectivity index (χ4n) is 1.66. The van der Waals surface area contributed by atoms with Crippen molar-refractivity contribution in [3.63, 3.8) is 0 Å². The van der Waals surface area contributed by atoms with Crippen LogP contribution in [0.25, 0.3) is 0 Å². The van der Waals surface area contributed by atoms with E-state index in [1.165, 1.54) is 24.3 Å². The number of benzene rings is 1. The maximum Gasteiger partial charge on any atom is 0.311 e. The molecule has 0 saturated carbocycles. The van der Waals surface area contributed by atoms with E-state index < -0.39 is 16.6 Å². The van der Waals surface area contributed by atoms with Crippen LogP contribution in [0.4, 0.5) is 15.9 Å². The minimum absolute atomic E-state index is 0.00166. The number of amides is 1. The van der Waals surface area contributed by atoms with Gasteiger partial charge >= 0.3 is 5.69 Å². The van der Waals surface area contributed by atoms with E-state index in [1.54, 1.807) is 6.07 Å². The average Bonchev–Trinajstić information content (AvgIpc) is 2.41. The molecule has 0 spiro atoms. The molecule has 8 heteroatoms. The number of aromatic nitrogens is 1. The van der Waals surface area contributed by atoms with E-state index in [2.05, 4.69) is 10.3 Å². The first-order valence-electron chi connectivity index (χ1n) is 5.81. The molecule has 1 heterocycles. The fraction of sp³-hybridized carbons (Fsp3) is 0.0769. The van der Waals surface area contributed by atoms with Gasteiger partial charge in [-0.25, -0.2) is 9.37 Å². The number of nitro groups is 1. The first kappa shape index (κ1) is 14.9. The number of nitrogens with one attached hydrogen (secondary N) is 1. The van der Waals surface area contributed by atoms with Gasteiger partial charge in [-0.05, 0) is 17.7 Å². The van der Waals surface area contributed by atoms with Crippen molar-refractivity contribution in [2.45, 2.75) is 6.42 Å². The smallest absolute Gasteiger partial charge is 0.305 e. The zero-order valence-electron chi connectivity index (χ0n) is 10.5. The average molecular weight is 310 g/mol. The van der Waals surface area contributed by atoms with Crippen LogP contribution in [0, 0.1) is 15.9 Å². The largest absolute Gasteiger partial charge is 0.311 e. The van der Waals surface area contributed by atoms with E-state index in [0.29, 0.717) is 0 Å².